The van der Waals surface area contributed by atoms with Gasteiger partial charge >= 0.3 is 0 Å². The van der Waals surface area contributed by atoms with E-state index in [1.54, 1.807) is 17.3 Å². The van der Waals surface area contributed by atoms with Crippen LogP contribution in [-0.4, -0.2) is 57.4 Å². The van der Waals surface area contributed by atoms with Gasteiger partial charge in [0.05, 0.1) is 16.6 Å². The van der Waals surface area contributed by atoms with Gasteiger partial charge in [0, 0.05) is 49.0 Å². The van der Waals surface area contributed by atoms with Crippen LogP contribution in [0.2, 0.25) is 0 Å². The molecule has 4 aromatic rings. The SMILES string of the molecule is CC(C)c1nc(C2CCN(c3ncnc4c(-c5ccc(N6CCCC7(CC7CCO)C6=O)c(F)c5)cccc34)CC2)no1. The van der Waals surface area contributed by atoms with E-state index in [4.69, 9.17) is 4.52 Å². The smallest absolute Gasteiger partial charge is 0.233 e. The van der Waals surface area contributed by atoms with E-state index < -0.39 is 11.2 Å². The van der Waals surface area contributed by atoms with Crippen molar-refractivity contribution in [2.75, 3.05) is 36.0 Å². The molecule has 2 aliphatic heterocycles. The van der Waals surface area contributed by atoms with E-state index >= 15 is 4.39 Å². The van der Waals surface area contributed by atoms with Crippen LogP contribution in [0.3, 0.4) is 0 Å². The maximum atomic E-state index is 15.7. The lowest BCUT2D eigenvalue weighted by Gasteiger charge is -2.33. The summed E-state index contributed by atoms with van der Waals surface area (Å²) < 4.78 is 21.1. The summed E-state index contributed by atoms with van der Waals surface area (Å²) in [6.45, 7) is 6.30. The van der Waals surface area contributed by atoms with E-state index in [0.29, 0.717) is 30.1 Å². The molecule has 43 heavy (non-hydrogen) atoms. The Kier molecular flexibility index (Phi) is 7.12. The first-order chi connectivity index (χ1) is 20.9. The van der Waals surface area contributed by atoms with Crippen LogP contribution >= 0.6 is 0 Å². The standard InChI is InChI=1S/C33H37FN6O3/c1-20(2)31-37-29(38-43-31)21-9-14-39(15-10-21)30-25-6-3-5-24(28(25)35-19-36-30)22-7-8-27(26(34)17-22)40-13-4-12-33(32(40)42)18-23(33)11-16-41/h3,5-8,17,19-21,23,41H,4,9-16,18H2,1-2H3. The van der Waals surface area contributed by atoms with E-state index in [1.165, 1.54) is 6.07 Å². The molecule has 1 saturated carbocycles. The highest BCUT2D eigenvalue weighted by Crippen LogP contribution is 2.60. The molecule has 2 atom stereocenters. The van der Waals surface area contributed by atoms with Crippen LogP contribution in [-0.2, 0) is 4.79 Å². The molecule has 2 saturated heterocycles. The molecule has 0 bridgehead atoms. The van der Waals surface area contributed by atoms with Crippen LogP contribution in [0.5, 0.6) is 0 Å². The van der Waals surface area contributed by atoms with E-state index in [2.05, 4.69) is 25.0 Å². The number of rotatable bonds is 7. The molecule has 7 rings (SSSR count). The number of aliphatic hydroxyl groups is 1. The van der Waals surface area contributed by atoms with Gasteiger partial charge in [-0.3, -0.25) is 4.79 Å². The summed E-state index contributed by atoms with van der Waals surface area (Å²) in [6.07, 6.45) is 6.44. The number of hydrogen-bond donors (Lipinski definition) is 1. The highest BCUT2D eigenvalue weighted by Gasteiger charge is 2.61. The van der Waals surface area contributed by atoms with Gasteiger partial charge in [-0.1, -0.05) is 37.2 Å². The van der Waals surface area contributed by atoms with Crippen molar-refractivity contribution >= 4 is 28.3 Å². The molecule has 4 heterocycles. The lowest BCUT2D eigenvalue weighted by atomic mass is 9.89. The molecule has 9 nitrogen and oxygen atoms in total. The van der Waals surface area contributed by atoms with Gasteiger partial charge < -0.3 is 19.4 Å². The molecule has 1 spiro atoms. The molecule has 0 radical (unpaired) electrons. The van der Waals surface area contributed by atoms with Crippen molar-refractivity contribution < 1.29 is 18.8 Å². The Morgan fingerprint density at radius 1 is 1.14 bits per heavy atom. The third-order valence-corrected chi connectivity index (χ3v) is 9.69. The normalized spacial score (nSPS) is 22.7. The molecule has 224 valence electrons. The van der Waals surface area contributed by atoms with E-state index in [1.807, 2.05) is 38.1 Å². The number of hydrogen-bond acceptors (Lipinski definition) is 8. The minimum Gasteiger partial charge on any atom is -0.396 e. The van der Waals surface area contributed by atoms with Crippen LogP contribution < -0.4 is 9.80 Å². The van der Waals surface area contributed by atoms with Crippen LogP contribution in [0.1, 0.15) is 75.9 Å². The van der Waals surface area contributed by atoms with Crippen LogP contribution in [0.4, 0.5) is 15.9 Å². The summed E-state index contributed by atoms with van der Waals surface area (Å²) in [7, 11) is 0. The number of para-hydroxylation sites is 1. The van der Waals surface area contributed by atoms with E-state index in [9.17, 15) is 9.90 Å². The van der Waals surface area contributed by atoms with Crippen molar-refractivity contribution in [2.45, 2.75) is 64.2 Å². The number of carbonyl (C=O) groups is 1. The summed E-state index contributed by atoms with van der Waals surface area (Å²) in [5.41, 5.74) is 2.19. The Bertz CT molecular complexity index is 1670. The zero-order chi connectivity index (χ0) is 29.7. The molecule has 3 aliphatic rings. The lowest BCUT2D eigenvalue weighted by Crippen LogP contribution is -2.44. The van der Waals surface area contributed by atoms with E-state index in [0.717, 1.165) is 73.3 Å². The number of benzene rings is 2. The number of carbonyl (C=O) groups excluding carboxylic acids is 1. The van der Waals surface area contributed by atoms with Crippen molar-refractivity contribution in [2.24, 2.45) is 11.3 Å². The second kappa shape index (κ2) is 11.0. The first-order valence-corrected chi connectivity index (χ1v) is 15.4. The highest BCUT2D eigenvalue weighted by atomic mass is 19.1. The average Bonchev–Trinajstić information content (AvgIpc) is 3.45. The molecule has 1 N–H and O–H groups in total. The maximum absolute atomic E-state index is 15.7. The minimum absolute atomic E-state index is 0.00476. The first-order valence-electron chi connectivity index (χ1n) is 15.4. The fourth-order valence-electron chi connectivity index (χ4n) is 7.19. The van der Waals surface area contributed by atoms with Crippen LogP contribution in [0, 0.1) is 17.2 Å². The molecule has 1 amide bonds. The first kappa shape index (κ1) is 27.9. The summed E-state index contributed by atoms with van der Waals surface area (Å²) >= 11 is 0. The van der Waals surface area contributed by atoms with Crippen LogP contribution in [0.15, 0.2) is 47.2 Å². The van der Waals surface area contributed by atoms with Gasteiger partial charge in [-0.2, -0.15) is 4.98 Å². The van der Waals surface area contributed by atoms with Gasteiger partial charge in [0.1, 0.15) is 18.0 Å². The Labute approximate surface area is 250 Å². The quantitative estimate of drug-likeness (QED) is 0.289. The molecule has 2 aromatic carbocycles. The zero-order valence-corrected chi connectivity index (χ0v) is 24.7. The molecular weight excluding hydrogens is 547 g/mol. The third kappa shape index (κ3) is 4.85. The number of piperidine rings is 2. The summed E-state index contributed by atoms with van der Waals surface area (Å²) in [5.74, 6) is 2.56. The van der Waals surface area contributed by atoms with Crippen LogP contribution in [0.25, 0.3) is 22.0 Å². The number of aliphatic hydroxyl groups excluding tert-OH is 1. The van der Waals surface area contributed by atoms with Gasteiger partial charge in [0.25, 0.3) is 0 Å². The lowest BCUT2D eigenvalue weighted by molar-refractivity contribution is -0.125. The summed E-state index contributed by atoms with van der Waals surface area (Å²) in [4.78, 5) is 31.2. The fourth-order valence-corrected chi connectivity index (χ4v) is 7.19. The maximum Gasteiger partial charge on any atom is 0.233 e. The Morgan fingerprint density at radius 3 is 2.72 bits per heavy atom. The molecule has 3 fully saturated rings. The second-order valence-corrected chi connectivity index (χ2v) is 12.6. The van der Waals surface area contributed by atoms with Gasteiger partial charge in [-0.05, 0) is 68.2 Å². The van der Waals surface area contributed by atoms with Crippen molar-refractivity contribution in [3.8, 4) is 11.1 Å². The average molecular weight is 585 g/mol. The Morgan fingerprint density at radius 2 is 1.98 bits per heavy atom. The molecular formula is C33H37FN6O3. The number of aromatic nitrogens is 4. The molecule has 10 heteroatoms. The number of fused-ring (bicyclic) bond motifs is 1. The molecule has 1 aliphatic carbocycles. The number of nitrogens with zero attached hydrogens (tertiary/aromatic N) is 6. The van der Waals surface area contributed by atoms with Gasteiger partial charge in [-0.15, -0.1) is 0 Å². The monoisotopic (exact) mass is 584 g/mol. The summed E-state index contributed by atoms with van der Waals surface area (Å²) in [5, 5.41) is 14.5. The van der Waals surface area contributed by atoms with Gasteiger partial charge in [0.15, 0.2) is 5.82 Å². The van der Waals surface area contributed by atoms with Gasteiger partial charge in [0.2, 0.25) is 11.8 Å². The van der Waals surface area contributed by atoms with Crippen molar-refractivity contribution in [3.63, 3.8) is 0 Å². The van der Waals surface area contributed by atoms with Gasteiger partial charge in [-0.25, -0.2) is 14.4 Å². The largest absolute Gasteiger partial charge is 0.396 e. The number of amides is 1. The minimum atomic E-state index is -0.425. The van der Waals surface area contributed by atoms with Crippen molar-refractivity contribution in [1.82, 2.24) is 20.1 Å². The molecule has 2 aromatic heterocycles. The second-order valence-electron chi connectivity index (χ2n) is 12.6. The molecule has 2 unspecified atom stereocenters. The van der Waals surface area contributed by atoms with Crippen molar-refractivity contribution in [3.05, 3.63) is 60.3 Å². The predicted molar refractivity (Wildman–Crippen MR) is 161 cm³/mol. The predicted octanol–water partition coefficient (Wildman–Crippen LogP) is 5.84. The number of anilines is 2. The third-order valence-electron chi connectivity index (χ3n) is 9.69. The fraction of sp³-hybridized carbons (Fsp3) is 0.485. The van der Waals surface area contributed by atoms with E-state index in [-0.39, 0.29) is 30.3 Å². The van der Waals surface area contributed by atoms with Crippen molar-refractivity contribution in [1.29, 1.82) is 0 Å². The highest BCUT2D eigenvalue weighted by molar-refractivity contribution is 6.02. The number of halogens is 1. The Hall–Kier alpha value is -3.92. The topological polar surface area (TPSA) is 108 Å². The Balaban J connectivity index is 1.12. The summed E-state index contributed by atoms with van der Waals surface area (Å²) in [6, 6.07) is 11.0. The zero-order valence-electron chi connectivity index (χ0n) is 24.7.